The molecule has 0 aliphatic rings. The number of hydrogen-bond donors (Lipinski definition) is 2. The molecule has 1 rings (SSSR count). The molecule has 60 valence electrons. The molecule has 0 spiro atoms. The average molecular weight is 159 g/mol. The standard InChI is InChI=1S/C6H7NO4/c1-4(8)11-7-5(9)2-3-6(7)10/h2-3,9-10H,1H3/i1T. The lowest BCUT2D eigenvalue weighted by atomic mass is 10.6. The number of carbonyl (C=O) groups excluding carboxylic acids is 1. The van der Waals surface area contributed by atoms with E-state index in [0.717, 1.165) is 12.1 Å². The second-order valence-electron chi connectivity index (χ2n) is 1.81. The summed E-state index contributed by atoms with van der Waals surface area (Å²) in [6.45, 7) is -0.572. The number of hydrogen-bond acceptors (Lipinski definition) is 4. The Kier molecular flexibility index (Phi) is 1.40. The zero-order valence-corrected chi connectivity index (χ0v) is 5.52. The summed E-state index contributed by atoms with van der Waals surface area (Å²) >= 11 is 0. The van der Waals surface area contributed by atoms with Gasteiger partial charge < -0.3 is 15.1 Å². The van der Waals surface area contributed by atoms with Crippen LogP contribution < -0.4 is 4.84 Å². The van der Waals surface area contributed by atoms with E-state index in [1.165, 1.54) is 0 Å². The smallest absolute Gasteiger partial charge is 0.330 e. The van der Waals surface area contributed by atoms with Gasteiger partial charge in [-0.05, 0) is 0 Å². The summed E-state index contributed by atoms with van der Waals surface area (Å²) in [6.07, 6.45) is 0. The number of rotatable bonds is 1. The van der Waals surface area contributed by atoms with E-state index in [1.807, 2.05) is 0 Å². The lowest BCUT2D eigenvalue weighted by Gasteiger charge is -2.02. The van der Waals surface area contributed by atoms with Crippen molar-refractivity contribution in [3.63, 3.8) is 0 Å². The largest absolute Gasteiger partial charge is 0.492 e. The van der Waals surface area contributed by atoms with Crippen LogP contribution in [0.2, 0.25) is 0 Å². The lowest BCUT2D eigenvalue weighted by molar-refractivity contribution is -0.142. The molecule has 0 saturated heterocycles. The highest BCUT2D eigenvalue weighted by Gasteiger charge is 2.07. The van der Waals surface area contributed by atoms with E-state index in [9.17, 15) is 4.79 Å². The van der Waals surface area contributed by atoms with Gasteiger partial charge in [-0.1, -0.05) is 0 Å². The van der Waals surface area contributed by atoms with E-state index < -0.39 is 24.6 Å². The van der Waals surface area contributed by atoms with Crippen LogP contribution in [0.1, 0.15) is 8.27 Å². The topological polar surface area (TPSA) is 71.7 Å². The minimum atomic E-state index is -0.864. The van der Waals surface area contributed by atoms with Crippen molar-refractivity contribution in [3.8, 4) is 11.8 Å². The van der Waals surface area contributed by atoms with Crippen LogP contribution in [0.4, 0.5) is 0 Å². The van der Waals surface area contributed by atoms with Gasteiger partial charge in [-0.15, -0.1) is 4.73 Å². The molecule has 0 atom stereocenters. The van der Waals surface area contributed by atoms with Gasteiger partial charge in [-0.3, -0.25) is 0 Å². The third-order valence-electron chi connectivity index (χ3n) is 0.991. The second kappa shape index (κ2) is 2.53. The summed E-state index contributed by atoms with van der Waals surface area (Å²) in [5, 5.41) is 17.9. The van der Waals surface area contributed by atoms with Gasteiger partial charge >= 0.3 is 5.97 Å². The fraction of sp³-hybridized carbons (Fsp3) is 0.167. The van der Waals surface area contributed by atoms with Crippen LogP contribution in [0, 0.1) is 0 Å². The quantitative estimate of drug-likeness (QED) is 0.599. The first kappa shape index (κ1) is 6.09. The SMILES string of the molecule is [3H]CC(=O)On1c(O)ccc1O. The molecular formula is C6H7NO4. The predicted octanol–water partition coefficient (Wildman–Crippen LogP) is -0.126. The van der Waals surface area contributed by atoms with Crippen LogP contribution in [0.5, 0.6) is 11.8 Å². The molecule has 1 aromatic rings. The van der Waals surface area contributed by atoms with Gasteiger partial charge in [0.1, 0.15) is 0 Å². The monoisotopic (exact) mass is 159 g/mol. The molecule has 0 radical (unpaired) electrons. The van der Waals surface area contributed by atoms with E-state index in [4.69, 9.17) is 11.6 Å². The molecule has 1 heterocycles. The first-order chi connectivity index (χ1) is 5.65. The van der Waals surface area contributed by atoms with Gasteiger partial charge in [-0.25, -0.2) is 4.79 Å². The molecule has 0 unspecified atom stereocenters. The van der Waals surface area contributed by atoms with Crippen LogP contribution in [0.3, 0.4) is 0 Å². The maximum absolute atomic E-state index is 10.5. The Hall–Kier alpha value is -1.65. The van der Waals surface area contributed by atoms with E-state index in [0.29, 0.717) is 4.73 Å². The van der Waals surface area contributed by atoms with Gasteiger partial charge in [0.05, 0.1) is 0 Å². The van der Waals surface area contributed by atoms with Crippen molar-refractivity contribution in [2.24, 2.45) is 0 Å². The molecule has 0 amide bonds. The highest BCUT2D eigenvalue weighted by Crippen LogP contribution is 2.18. The number of nitrogens with zero attached hydrogens (tertiary/aromatic N) is 1. The van der Waals surface area contributed by atoms with Gasteiger partial charge in [0.15, 0.2) is 0 Å². The molecule has 0 aromatic carbocycles. The molecule has 2 N–H and O–H groups in total. The van der Waals surface area contributed by atoms with Crippen LogP contribution in [-0.4, -0.2) is 20.9 Å². The summed E-state index contributed by atoms with van der Waals surface area (Å²) in [7, 11) is 0. The van der Waals surface area contributed by atoms with Crippen molar-refractivity contribution in [3.05, 3.63) is 12.1 Å². The Balaban J connectivity index is 2.80. The normalized spacial score (nSPS) is 10.7. The Labute approximate surface area is 63.8 Å². The van der Waals surface area contributed by atoms with Gasteiger partial charge in [0, 0.05) is 20.4 Å². The van der Waals surface area contributed by atoms with E-state index >= 15 is 0 Å². The summed E-state index contributed by atoms with van der Waals surface area (Å²) in [4.78, 5) is 14.9. The maximum atomic E-state index is 10.5. The number of carbonyl (C=O) groups is 1. The molecule has 0 aliphatic carbocycles. The Morgan fingerprint density at radius 2 is 2.18 bits per heavy atom. The van der Waals surface area contributed by atoms with Gasteiger partial charge in [0.2, 0.25) is 11.8 Å². The van der Waals surface area contributed by atoms with Crippen molar-refractivity contribution < 1.29 is 21.2 Å². The zero-order chi connectivity index (χ0) is 9.14. The molecule has 0 bridgehead atoms. The number of aromatic nitrogens is 1. The minimum Gasteiger partial charge on any atom is -0.492 e. The number of aromatic hydroxyl groups is 2. The Morgan fingerprint density at radius 1 is 1.64 bits per heavy atom. The minimum absolute atomic E-state index is 0.394. The summed E-state index contributed by atoms with van der Waals surface area (Å²) < 4.78 is 7.14. The van der Waals surface area contributed by atoms with E-state index in [1.54, 1.807) is 0 Å². The van der Waals surface area contributed by atoms with Crippen molar-refractivity contribution in [2.45, 2.75) is 6.90 Å². The second-order valence-corrected chi connectivity index (χ2v) is 1.81. The van der Waals surface area contributed by atoms with Crippen molar-refractivity contribution in [1.29, 1.82) is 0 Å². The van der Waals surface area contributed by atoms with Crippen LogP contribution in [0.15, 0.2) is 12.1 Å². The fourth-order valence-electron chi connectivity index (χ4n) is 0.597. The van der Waals surface area contributed by atoms with Crippen molar-refractivity contribution >= 4 is 5.97 Å². The molecule has 11 heavy (non-hydrogen) atoms. The highest BCUT2D eigenvalue weighted by molar-refractivity contribution is 5.66. The first-order valence-corrected chi connectivity index (χ1v) is 2.75. The van der Waals surface area contributed by atoms with Gasteiger partial charge in [-0.2, -0.15) is 0 Å². The average Bonchev–Trinajstić information content (AvgIpc) is 2.35. The third-order valence-corrected chi connectivity index (χ3v) is 0.991. The summed E-state index contributed by atoms with van der Waals surface area (Å²) in [5.41, 5.74) is 0. The molecule has 0 fully saturated rings. The van der Waals surface area contributed by atoms with Crippen molar-refractivity contribution in [1.82, 2.24) is 4.73 Å². The Bertz CT molecular complexity index is 276. The van der Waals surface area contributed by atoms with Crippen LogP contribution in [0.25, 0.3) is 0 Å². The van der Waals surface area contributed by atoms with Crippen LogP contribution >= 0.6 is 0 Å². The highest BCUT2D eigenvalue weighted by atomic mass is 16.7. The molecule has 5 heteroatoms. The predicted molar refractivity (Wildman–Crippen MR) is 35.0 cm³/mol. The van der Waals surface area contributed by atoms with E-state index in [-0.39, 0.29) is 0 Å². The van der Waals surface area contributed by atoms with Crippen LogP contribution in [-0.2, 0) is 4.79 Å². The Morgan fingerprint density at radius 3 is 2.64 bits per heavy atom. The zero-order valence-electron chi connectivity index (χ0n) is 6.52. The molecule has 1 aromatic heterocycles. The molecule has 5 nitrogen and oxygen atoms in total. The summed E-state index contributed by atoms with van der Waals surface area (Å²) in [6, 6.07) is 2.32. The molecule has 0 aliphatic heterocycles. The molecule has 0 saturated carbocycles. The maximum Gasteiger partial charge on any atom is 0.330 e. The third kappa shape index (κ3) is 1.43. The fourth-order valence-corrected chi connectivity index (χ4v) is 0.597. The van der Waals surface area contributed by atoms with Crippen molar-refractivity contribution in [2.75, 3.05) is 0 Å². The van der Waals surface area contributed by atoms with E-state index in [2.05, 4.69) is 4.84 Å². The van der Waals surface area contributed by atoms with Gasteiger partial charge in [0.25, 0.3) is 0 Å². The first-order valence-electron chi connectivity index (χ1n) is 3.46. The lowest BCUT2D eigenvalue weighted by Crippen LogP contribution is -2.15. The summed E-state index contributed by atoms with van der Waals surface area (Å²) in [5.74, 6) is -1.65. The molecular weight excluding hydrogens is 150 g/mol.